The Morgan fingerprint density at radius 1 is 0.586 bits per heavy atom. The summed E-state index contributed by atoms with van der Waals surface area (Å²) in [4.78, 5) is 59.9. The van der Waals surface area contributed by atoms with Crippen molar-refractivity contribution in [1.82, 2.24) is 0 Å². The summed E-state index contributed by atoms with van der Waals surface area (Å²) in [5.74, 6) is -5.75. The maximum Gasteiger partial charge on any atom is 0.321 e. The van der Waals surface area contributed by atoms with Crippen LogP contribution in [0.5, 0.6) is 0 Å². The maximum absolute atomic E-state index is 10.1. The van der Waals surface area contributed by atoms with Crippen LogP contribution in [0, 0.1) is 0 Å². The molecule has 2 amide bonds. The molecule has 0 aliphatic rings. The highest BCUT2D eigenvalue weighted by atomic mass is 16.4. The van der Waals surface area contributed by atoms with E-state index >= 15 is 0 Å². The van der Waals surface area contributed by atoms with Crippen molar-refractivity contribution in [2.45, 2.75) is 50.2 Å². The molecule has 3 unspecified atom stereocenters. The van der Waals surface area contributed by atoms with Crippen molar-refractivity contribution in [2.24, 2.45) is 28.7 Å². The third-order valence-electron chi connectivity index (χ3n) is 2.74. The van der Waals surface area contributed by atoms with E-state index in [1.807, 2.05) is 0 Å². The third-order valence-corrected chi connectivity index (χ3v) is 2.74. The van der Waals surface area contributed by atoms with Crippen molar-refractivity contribution < 1.29 is 49.2 Å². The number of primary amides is 2. The minimum absolute atomic E-state index is 0.0213. The number of aliphatic carboxylic acids is 4. The lowest BCUT2D eigenvalue weighted by atomic mass is 10.2. The minimum Gasteiger partial charge on any atom is -0.481 e. The van der Waals surface area contributed by atoms with Crippen LogP contribution in [-0.4, -0.2) is 74.2 Å². The standard InChI is InChI=1S/C5H10N2O3.C5H9NO4.C4H8N2O3/c2*6-3(5(9)10)1-2-4(7)8;5-2(4(8)9)1-3(6)7/h3H,1-2,6H2,(H2,7,8)(H,9,10);3H,1-2,6H2,(H,7,8)(H,9,10);2H,1,5H2,(H2,6,7)(H,8,9). The number of amides is 2. The Balaban J connectivity index is -0.000000350. The van der Waals surface area contributed by atoms with Gasteiger partial charge in [0, 0.05) is 12.8 Å². The molecule has 0 fully saturated rings. The normalized spacial score (nSPS) is 12.5. The highest BCUT2D eigenvalue weighted by molar-refractivity contribution is 5.83. The summed E-state index contributed by atoms with van der Waals surface area (Å²) in [6, 6.07) is -3.20. The van der Waals surface area contributed by atoms with Gasteiger partial charge in [-0.15, -0.1) is 0 Å². The molecule has 168 valence electrons. The molecule has 0 heterocycles. The lowest BCUT2D eigenvalue weighted by Crippen LogP contribution is -2.34. The zero-order valence-corrected chi connectivity index (χ0v) is 15.4. The van der Waals surface area contributed by atoms with Crippen molar-refractivity contribution in [3.63, 3.8) is 0 Å². The molecule has 0 saturated heterocycles. The lowest BCUT2D eigenvalue weighted by molar-refractivity contribution is -0.141. The molecule has 14 N–H and O–H groups in total. The number of carbonyl (C=O) groups is 6. The maximum atomic E-state index is 10.1. The van der Waals surface area contributed by atoms with E-state index in [0.717, 1.165) is 0 Å². The molecule has 0 aliphatic carbocycles. The van der Waals surface area contributed by atoms with Gasteiger partial charge >= 0.3 is 23.9 Å². The predicted octanol–water partition coefficient (Wildman–Crippen LogP) is -3.80. The molecule has 15 heteroatoms. The Morgan fingerprint density at radius 3 is 1.14 bits per heavy atom. The van der Waals surface area contributed by atoms with E-state index in [-0.39, 0.29) is 32.1 Å². The fraction of sp³-hybridized carbons (Fsp3) is 0.571. The zero-order chi connectivity index (χ0) is 23.7. The van der Waals surface area contributed by atoms with Gasteiger partial charge in [0.1, 0.15) is 18.1 Å². The number of carboxylic acids is 4. The van der Waals surface area contributed by atoms with Crippen LogP contribution in [0.1, 0.15) is 32.1 Å². The fourth-order valence-corrected chi connectivity index (χ4v) is 1.13. The van der Waals surface area contributed by atoms with E-state index < -0.39 is 53.8 Å². The summed E-state index contributed by atoms with van der Waals surface area (Å²) in [5.41, 5.74) is 24.4. The number of hydrogen-bond donors (Lipinski definition) is 9. The van der Waals surface area contributed by atoms with Gasteiger partial charge in [-0.25, -0.2) is 0 Å². The van der Waals surface area contributed by atoms with Gasteiger partial charge in [-0.05, 0) is 12.8 Å². The molecule has 29 heavy (non-hydrogen) atoms. The highest BCUT2D eigenvalue weighted by Crippen LogP contribution is 1.93. The highest BCUT2D eigenvalue weighted by Gasteiger charge is 2.13. The number of nitrogens with two attached hydrogens (primary N) is 5. The number of hydrogen-bond acceptors (Lipinski definition) is 9. The van der Waals surface area contributed by atoms with Crippen LogP contribution in [-0.2, 0) is 28.8 Å². The van der Waals surface area contributed by atoms with E-state index in [9.17, 15) is 28.8 Å². The van der Waals surface area contributed by atoms with Crippen molar-refractivity contribution in [2.75, 3.05) is 0 Å². The van der Waals surface area contributed by atoms with E-state index in [0.29, 0.717) is 0 Å². The first-order chi connectivity index (χ1) is 13.1. The molecule has 0 bridgehead atoms. The van der Waals surface area contributed by atoms with Crippen LogP contribution in [0.2, 0.25) is 0 Å². The van der Waals surface area contributed by atoms with Crippen LogP contribution in [0.15, 0.2) is 0 Å². The summed E-state index contributed by atoms with van der Waals surface area (Å²) in [6.07, 6.45) is -0.411. The molecule has 0 aromatic carbocycles. The molecule has 0 rings (SSSR count). The molecule has 0 aromatic heterocycles. The van der Waals surface area contributed by atoms with Crippen LogP contribution in [0.25, 0.3) is 0 Å². The van der Waals surface area contributed by atoms with Crippen molar-refractivity contribution in [1.29, 1.82) is 0 Å². The summed E-state index contributed by atoms with van der Waals surface area (Å²) < 4.78 is 0. The first-order valence-electron chi connectivity index (χ1n) is 7.85. The van der Waals surface area contributed by atoms with Gasteiger partial charge in [0.2, 0.25) is 11.8 Å². The Labute approximate surface area is 164 Å². The Bertz CT molecular complexity index is 549. The van der Waals surface area contributed by atoms with Crippen molar-refractivity contribution in [3.05, 3.63) is 0 Å². The van der Waals surface area contributed by atoms with E-state index in [2.05, 4.69) is 5.73 Å². The largest absolute Gasteiger partial charge is 0.481 e. The molecular formula is C14H27N5O10. The second kappa shape index (κ2) is 16.8. The molecule has 0 aliphatic heterocycles. The SMILES string of the molecule is NC(=O)CC(N)C(=O)O.NC(=O)CCC(N)C(=O)O.NC(CCC(=O)O)C(=O)O. The molecule has 3 atom stereocenters. The Hall–Kier alpha value is -3.30. The average molecular weight is 425 g/mol. The molecular weight excluding hydrogens is 398 g/mol. The molecule has 0 saturated carbocycles. The van der Waals surface area contributed by atoms with Gasteiger partial charge in [-0.3, -0.25) is 28.8 Å². The molecule has 15 nitrogen and oxygen atoms in total. The first-order valence-corrected chi connectivity index (χ1v) is 7.85. The van der Waals surface area contributed by atoms with Crippen molar-refractivity contribution >= 4 is 35.7 Å². The minimum atomic E-state index is -1.21. The first kappa shape index (κ1) is 30.4. The molecule has 0 aromatic rings. The summed E-state index contributed by atoms with van der Waals surface area (Å²) >= 11 is 0. The van der Waals surface area contributed by atoms with Gasteiger partial charge in [0.05, 0.1) is 6.42 Å². The van der Waals surface area contributed by atoms with E-state index in [1.54, 1.807) is 0 Å². The van der Waals surface area contributed by atoms with Crippen molar-refractivity contribution in [3.8, 4) is 0 Å². The van der Waals surface area contributed by atoms with Gasteiger partial charge in [0.25, 0.3) is 0 Å². The Kier molecular flexibility index (Phi) is 17.7. The van der Waals surface area contributed by atoms with Crippen LogP contribution < -0.4 is 28.7 Å². The second-order valence-corrected chi connectivity index (χ2v) is 5.44. The van der Waals surface area contributed by atoms with Crippen LogP contribution >= 0.6 is 0 Å². The zero-order valence-electron chi connectivity index (χ0n) is 15.4. The second-order valence-electron chi connectivity index (χ2n) is 5.44. The van der Waals surface area contributed by atoms with Gasteiger partial charge < -0.3 is 49.1 Å². The summed E-state index contributed by atoms with van der Waals surface area (Å²) in [7, 11) is 0. The molecule has 0 spiro atoms. The summed E-state index contributed by atoms with van der Waals surface area (Å²) in [5, 5.41) is 32.6. The molecule has 0 radical (unpaired) electrons. The van der Waals surface area contributed by atoms with Crippen LogP contribution in [0.3, 0.4) is 0 Å². The Morgan fingerprint density at radius 2 is 0.931 bits per heavy atom. The topological polar surface area (TPSA) is 313 Å². The summed E-state index contributed by atoms with van der Waals surface area (Å²) in [6.45, 7) is 0. The fourth-order valence-electron chi connectivity index (χ4n) is 1.13. The van der Waals surface area contributed by atoms with E-state index in [4.69, 9.17) is 43.4 Å². The third kappa shape index (κ3) is 24.7. The number of carboxylic acid groups (broad SMARTS) is 4. The predicted molar refractivity (Wildman–Crippen MR) is 95.9 cm³/mol. The average Bonchev–Trinajstić information content (AvgIpc) is 2.57. The number of carbonyl (C=O) groups excluding carboxylic acids is 2. The quantitative estimate of drug-likeness (QED) is 0.153. The van der Waals surface area contributed by atoms with Gasteiger partial charge in [-0.1, -0.05) is 0 Å². The van der Waals surface area contributed by atoms with Crippen LogP contribution in [0.4, 0.5) is 0 Å². The lowest BCUT2D eigenvalue weighted by Gasteiger charge is -2.01. The smallest absolute Gasteiger partial charge is 0.321 e. The van der Waals surface area contributed by atoms with E-state index in [1.165, 1.54) is 0 Å². The monoisotopic (exact) mass is 425 g/mol. The van der Waals surface area contributed by atoms with Gasteiger partial charge in [0.15, 0.2) is 0 Å². The number of rotatable bonds is 11. The van der Waals surface area contributed by atoms with Gasteiger partial charge in [-0.2, -0.15) is 0 Å².